The first kappa shape index (κ1) is 24.1. The minimum Gasteiger partial charge on any atom is -0.356 e. The summed E-state index contributed by atoms with van der Waals surface area (Å²) in [7, 11) is -1.13. The lowest BCUT2D eigenvalue weighted by molar-refractivity contribution is 0.299. The number of nitrogens with one attached hydrogen (secondary N) is 2. The van der Waals surface area contributed by atoms with E-state index in [1.165, 1.54) is 6.07 Å². The molecule has 2 N–H and O–H groups in total. The number of hydrogen-bond acceptors (Lipinski definition) is 4. The first-order valence-corrected chi connectivity index (χ1v) is 10.7. The van der Waals surface area contributed by atoms with Gasteiger partial charge in [-0.05, 0) is 17.7 Å². The van der Waals surface area contributed by atoms with E-state index in [9.17, 15) is 12.8 Å². The summed E-state index contributed by atoms with van der Waals surface area (Å²) in [5.41, 5.74) is 0.677. The van der Waals surface area contributed by atoms with Crippen molar-refractivity contribution in [3.63, 3.8) is 0 Å². The topological polar surface area (TPSA) is 73.8 Å². The highest BCUT2D eigenvalue weighted by atomic mass is 127. The SMILES string of the molecule is CN=C(NCCN1CCS(=O)(=O)CC1)NCC(C)(C)c1cccc(F)c1.I. The Bertz CT molecular complexity index is 727. The number of halogens is 2. The van der Waals surface area contributed by atoms with E-state index in [2.05, 4.69) is 34.4 Å². The highest BCUT2D eigenvalue weighted by Gasteiger charge is 2.22. The van der Waals surface area contributed by atoms with Crippen LogP contribution in [0, 0.1) is 5.82 Å². The normalized spacial score (nSPS) is 17.9. The number of nitrogens with zero attached hydrogens (tertiary/aromatic N) is 2. The summed E-state index contributed by atoms with van der Waals surface area (Å²) in [5.74, 6) is 0.921. The predicted octanol–water partition coefficient (Wildman–Crippen LogP) is 1.62. The zero-order valence-corrected chi connectivity index (χ0v) is 19.3. The van der Waals surface area contributed by atoms with Gasteiger partial charge >= 0.3 is 0 Å². The molecule has 0 atom stereocenters. The smallest absolute Gasteiger partial charge is 0.191 e. The minimum absolute atomic E-state index is 0. The van der Waals surface area contributed by atoms with Crippen molar-refractivity contribution >= 4 is 39.8 Å². The van der Waals surface area contributed by atoms with Gasteiger partial charge in [0, 0.05) is 45.2 Å². The van der Waals surface area contributed by atoms with Crippen LogP contribution in [0.3, 0.4) is 0 Å². The minimum atomic E-state index is -2.84. The van der Waals surface area contributed by atoms with Gasteiger partial charge in [-0.1, -0.05) is 26.0 Å². The van der Waals surface area contributed by atoms with Gasteiger partial charge in [0.25, 0.3) is 0 Å². The largest absolute Gasteiger partial charge is 0.356 e. The molecule has 27 heavy (non-hydrogen) atoms. The van der Waals surface area contributed by atoms with E-state index in [1.54, 1.807) is 19.2 Å². The van der Waals surface area contributed by atoms with Crippen LogP contribution >= 0.6 is 24.0 Å². The fraction of sp³-hybridized carbons (Fsp3) is 0.611. The number of sulfone groups is 1. The molecule has 0 saturated carbocycles. The van der Waals surface area contributed by atoms with Gasteiger partial charge in [0.05, 0.1) is 11.5 Å². The summed E-state index contributed by atoms with van der Waals surface area (Å²) in [6, 6.07) is 6.64. The van der Waals surface area contributed by atoms with Gasteiger partial charge in [0.2, 0.25) is 0 Å². The summed E-state index contributed by atoms with van der Waals surface area (Å²) in [5, 5.41) is 6.53. The third kappa shape index (κ3) is 7.90. The number of rotatable bonds is 6. The summed E-state index contributed by atoms with van der Waals surface area (Å²) < 4.78 is 36.3. The molecule has 1 aromatic rings. The van der Waals surface area contributed by atoms with Gasteiger partial charge in [0.15, 0.2) is 15.8 Å². The van der Waals surface area contributed by atoms with Crippen molar-refractivity contribution in [1.82, 2.24) is 15.5 Å². The molecular weight excluding hydrogens is 482 g/mol. The molecule has 0 aromatic heterocycles. The van der Waals surface area contributed by atoms with Crippen LogP contribution in [-0.4, -0.2) is 70.6 Å². The average molecular weight is 512 g/mol. The fourth-order valence-electron chi connectivity index (χ4n) is 2.84. The average Bonchev–Trinajstić information content (AvgIpc) is 2.59. The van der Waals surface area contributed by atoms with Crippen LogP contribution in [0.2, 0.25) is 0 Å². The van der Waals surface area contributed by atoms with Crippen LogP contribution in [0.15, 0.2) is 29.3 Å². The van der Waals surface area contributed by atoms with Crippen LogP contribution in [0.25, 0.3) is 0 Å². The van der Waals surface area contributed by atoms with Crippen LogP contribution in [0.4, 0.5) is 4.39 Å². The zero-order chi connectivity index (χ0) is 19.2. The fourth-order valence-corrected chi connectivity index (χ4v) is 4.12. The van der Waals surface area contributed by atoms with Crippen molar-refractivity contribution in [2.24, 2.45) is 4.99 Å². The lowest BCUT2D eigenvalue weighted by Gasteiger charge is -2.28. The third-order valence-corrected chi connectivity index (χ3v) is 6.29. The molecule has 1 fully saturated rings. The predicted molar refractivity (Wildman–Crippen MR) is 119 cm³/mol. The number of benzene rings is 1. The molecule has 0 unspecified atom stereocenters. The highest BCUT2D eigenvalue weighted by Crippen LogP contribution is 2.22. The van der Waals surface area contributed by atoms with Crippen LogP contribution in [0.1, 0.15) is 19.4 Å². The molecule has 1 aromatic carbocycles. The maximum atomic E-state index is 13.5. The second-order valence-electron chi connectivity index (χ2n) is 7.24. The van der Waals surface area contributed by atoms with E-state index >= 15 is 0 Å². The molecule has 1 aliphatic heterocycles. The van der Waals surface area contributed by atoms with Crippen molar-refractivity contribution in [2.45, 2.75) is 19.3 Å². The number of guanidine groups is 1. The molecule has 154 valence electrons. The van der Waals surface area contributed by atoms with Crippen molar-refractivity contribution in [3.8, 4) is 0 Å². The van der Waals surface area contributed by atoms with Crippen LogP contribution in [-0.2, 0) is 15.3 Å². The molecule has 0 spiro atoms. The molecule has 2 rings (SSSR count). The molecule has 1 heterocycles. The standard InChI is InChI=1S/C18H29FN4O2S.HI/c1-18(2,15-5-4-6-16(19)13-15)14-22-17(20-3)21-7-8-23-9-11-26(24,25)12-10-23;/h4-6,13H,7-12,14H2,1-3H3,(H2,20,21,22);1H. The Morgan fingerprint density at radius 2 is 1.93 bits per heavy atom. The van der Waals surface area contributed by atoms with Crippen molar-refractivity contribution in [2.75, 3.05) is 51.3 Å². The Morgan fingerprint density at radius 3 is 2.52 bits per heavy atom. The molecule has 0 aliphatic carbocycles. The lowest BCUT2D eigenvalue weighted by Crippen LogP contribution is -2.47. The van der Waals surface area contributed by atoms with Crippen molar-refractivity contribution in [3.05, 3.63) is 35.6 Å². The van der Waals surface area contributed by atoms with E-state index < -0.39 is 9.84 Å². The first-order chi connectivity index (χ1) is 12.2. The van der Waals surface area contributed by atoms with E-state index in [0.29, 0.717) is 32.1 Å². The van der Waals surface area contributed by atoms with E-state index in [0.717, 1.165) is 12.1 Å². The maximum absolute atomic E-state index is 13.5. The zero-order valence-electron chi connectivity index (χ0n) is 16.2. The molecular formula is C18H30FIN4O2S. The summed E-state index contributed by atoms with van der Waals surface area (Å²) >= 11 is 0. The molecule has 9 heteroatoms. The molecule has 1 saturated heterocycles. The van der Waals surface area contributed by atoms with Gasteiger partial charge in [-0.2, -0.15) is 0 Å². The Hall–Kier alpha value is -0.940. The summed E-state index contributed by atoms with van der Waals surface area (Å²) in [4.78, 5) is 6.35. The van der Waals surface area contributed by atoms with Gasteiger partial charge in [-0.3, -0.25) is 9.89 Å². The monoisotopic (exact) mass is 512 g/mol. The number of aliphatic imine (C=N–C) groups is 1. The van der Waals surface area contributed by atoms with Gasteiger partial charge < -0.3 is 10.6 Å². The van der Waals surface area contributed by atoms with Crippen molar-refractivity contribution < 1.29 is 12.8 Å². The second kappa shape index (κ2) is 10.6. The molecule has 6 nitrogen and oxygen atoms in total. The Labute approximate surface area is 178 Å². The molecule has 0 bridgehead atoms. The van der Waals surface area contributed by atoms with Gasteiger partial charge in [-0.15, -0.1) is 24.0 Å². The van der Waals surface area contributed by atoms with E-state index in [4.69, 9.17) is 0 Å². The quantitative estimate of drug-likeness (QED) is 0.345. The second-order valence-corrected chi connectivity index (χ2v) is 9.54. The molecule has 0 amide bonds. The van der Waals surface area contributed by atoms with Crippen LogP contribution < -0.4 is 10.6 Å². The van der Waals surface area contributed by atoms with Crippen molar-refractivity contribution in [1.29, 1.82) is 0 Å². The first-order valence-electron chi connectivity index (χ1n) is 8.85. The van der Waals surface area contributed by atoms with Gasteiger partial charge in [0.1, 0.15) is 5.82 Å². The van der Waals surface area contributed by atoms with E-state index in [-0.39, 0.29) is 46.7 Å². The Kier molecular flexibility index (Phi) is 9.43. The maximum Gasteiger partial charge on any atom is 0.191 e. The van der Waals surface area contributed by atoms with E-state index in [1.807, 2.05) is 6.07 Å². The molecule has 0 radical (unpaired) electrons. The number of hydrogen-bond donors (Lipinski definition) is 2. The summed E-state index contributed by atoms with van der Waals surface area (Å²) in [6.45, 7) is 7.33. The Morgan fingerprint density at radius 1 is 1.26 bits per heavy atom. The van der Waals surface area contributed by atoms with Crippen LogP contribution in [0.5, 0.6) is 0 Å². The third-order valence-electron chi connectivity index (χ3n) is 4.68. The lowest BCUT2D eigenvalue weighted by atomic mass is 9.84. The highest BCUT2D eigenvalue weighted by molar-refractivity contribution is 14.0. The summed E-state index contributed by atoms with van der Waals surface area (Å²) in [6.07, 6.45) is 0. The van der Waals surface area contributed by atoms with Gasteiger partial charge in [-0.25, -0.2) is 12.8 Å². The Balaban J connectivity index is 0.00000364. The molecule has 1 aliphatic rings.